The fourth-order valence-corrected chi connectivity index (χ4v) is 1.91. The van der Waals surface area contributed by atoms with Gasteiger partial charge in [0.2, 0.25) is 0 Å². The molecule has 2 aromatic rings. The molecule has 0 aliphatic heterocycles. The quantitative estimate of drug-likeness (QED) is 0.581. The van der Waals surface area contributed by atoms with E-state index in [-0.39, 0.29) is 6.61 Å². The van der Waals surface area contributed by atoms with E-state index in [9.17, 15) is 0 Å². The Labute approximate surface area is 126 Å². The molecule has 6 nitrogen and oxygen atoms in total. The van der Waals surface area contributed by atoms with Gasteiger partial charge in [0.15, 0.2) is 5.82 Å². The zero-order chi connectivity index (χ0) is 14.5. The summed E-state index contributed by atoms with van der Waals surface area (Å²) in [5.74, 6) is 6.86. The Kier molecular flexibility index (Phi) is 4.97. The highest BCUT2D eigenvalue weighted by Gasteiger charge is 2.08. The number of anilines is 3. The van der Waals surface area contributed by atoms with E-state index in [0.29, 0.717) is 33.2 Å². The lowest BCUT2D eigenvalue weighted by molar-refractivity contribution is 0.178. The molecular weight excluding hydrogens is 301 g/mol. The van der Waals surface area contributed by atoms with Gasteiger partial charge in [-0.1, -0.05) is 29.3 Å². The van der Waals surface area contributed by atoms with Gasteiger partial charge in [0, 0.05) is 13.2 Å². The fourth-order valence-electron chi connectivity index (χ4n) is 1.57. The van der Waals surface area contributed by atoms with Crippen LogP contribution in [0.5, 0.6) is 0 Å². The molecule has 8 heteroatoms. The minimum absolute atomic E-state index is 0.271. The number of hydrogen-bond donors (Lipinski definition) is 3. The summed E-state index contributed by atoms with van der Waals surface area (Å²) in [6.07, 6.45) is 0. The number of benzene rings is 1. The van der Waals surface area contributed by atoms with E-state index < -0.39 is 0 Å². The van der Waals surface area contributed by atoms with Crippen LogP contribution in [0.1, 0.15) is 5.82 Å². The van der Waals surface area contributed by atoms with Crippen LogP contribution in [-0.2, 0) is 11.3 Å². The third kappa shape index (κ3) is 3.49. The number of methoxy groups -OCH3 is 1. The summed E-state index contributed by atoms with van der Waals surface area (Å²) in [5.41, 5.74) is 3.12. The fraction of sp³-hybridized carbons (Fsp3) is 0.167. The van der Waals surface area contributed by atoms with Crippen LogP contribution in [0.2, 0.25) is 10.0 Å². The second kappa shape index (κ2) is 6.71. The molecule has 0 fully saturated rings. The third-order valence-electron chi connectivity index (χ3n) is 2.41. The number of halogens is 2. The molecule has 0 unspecified atom stereocenters. The van der Waals surface area contributed by atoms with E-state index >= 15 is 0 Å². The Morgan fingerprint density at radius 2 is 2.00 bits per heavy atom. The molecular formula is C12H13Cl2N5O. The summed E-state index contributed by atoms with van der Waals surface area (Å²) < 4.78 is 5.01. The highest BCUT2D eigenvalue weighted by atomic mass is 35.5. The lowest BCUT2D eigenvalue weighted by Gasteiger charge is -2.11. The van der Waals surface area contributed by atoms with Crippen molar-refractivity contribution in [2.45, 2.75) is 6.61 Å². The number of rotatable bonds is 5. The highest BCUT2D eigenvalue weighted by molar-refractivity contribution is 6.43. The zero-order valence-electron chi connectivity index (χ0n) is 10.7. The van der Waals surface area contributed by atoms with Crippen LogP contribution in [0.3, 0.4) is 0 Å². The molecule has 0 aliphatic carbocycles. The van der Waals surface area contributed by atoms with Gasteiger partial charge < -0.3 is 15.5 Å². The summed E-state index contributed by atoms with van der Waals surface area (Å²) in [4.78, 5) is 8.44. The van der Waals surface area contributed by atoms with Gasteiger partial charge in [-0.15, -0.1) is 0 Å². The topological polar surface area (TPSA) is 85.1 Å². The first-order chi connectivity index (χ1) is 9.63. The Hall–Kier alpha value is -1.60. The Morgan fingerprint density at radius 3 is 2.70 bits per heavy atom. The molecule has 0 amide bonds. The van der Waals surface area contributed by atoms with Gasteiger partial charge in [0.25, 0.3) is 0 Å². The van der Waals surface area contributed by atoms with Crippen LogP contribution in [0.25, 0.3) is 0 Å². The zero-order valence-corrected chi connectivity index (χ0v) is 12.2. The first-order valence-electron chi connectivity index (χ1n) is 5.68. The van der Waals surface area contributed by atoms with Crippen molar-refractivity contribution in [3.05, 3.63) is 40.1 Å². The minimum atomic E-state index is 0.271. The van der Waals surface area contributed by atoms with Gasteiger partial charge in [-0.25, -0.2) is 15.8 Å². The molecule has 1 aromatic heterocycles. The number of nitrogens with zero attached hydrogens (tertiary/aromatic N) is 2. The maximum absolute atomic E-state index is 6.11. The molecule has 0 aliphatic rings. The number of ether oxygens (including phenoxy) is 1. The van der Waals surface area contributed by atoms with E-state index in [1.54, 1.807) is 31.4 Å². The standard InChI is InChI=1S/C12H13Cl2N5O/c1-20-6-11-17-9(5-10(18-11)19-15)16-8-4-2-3-7(13)12(8)14/h2-5H,6,15H2,1H3,(H2,16,17,18,19). The third-order valence-corrected chi connectivity index (χ3v) is 3.23. The van der Waals surface area contributed by atoms with Crippen LogP contribution in [-0.4, -0.2) is 17.1 Å². The van der Waals surface area contributed by atoms with Gasteiger partial charge in [-0.2, -0.15) is 0 Å². The van der Waals surface area contributed by atoms with Gasteiger partial charge in [-0.05, 0) is 12.1 Å². The summed E-state index contributed by atoms with van der Waals surface area (Å²) in [7, 11) is 1.56. The Bertz CT molecular complexity index is 608. The Morgan fingerprint density at radius 1 is 1.25 bits per heavy atom. The van der Waals surface area contributed by atoms with Crippen LogP contribution in [0, 0.1) is 0 Å². The molecule has 0 bridgehead atoms. The van der Waals surface area contributed by atoms with E-state index in [1.165, 1.54) is 0 Å². The number of aromatic nitrogens is 2. The monoisotopic (exact) mass is 313 g/mol. The minimum Gasteiger partial charge on any atom is -0.377 e. The lowest BCUT2D eigenvalue weighted by atomic mass is 10.3. The largest absolute Gasteiger partial charge is 0.377 e. The SMILES string of the molecule is COCc1nc(NN)cc(Nc2cccc(Cl)c2Cl)n1. The predicted octanol–water partition coefficient (Wildman–Crippen LogP) is 2.96. The number of nitrogen functional groups attached to an aromatic ring is 1. The van der Waals surface area contributed by atoms with Crippen LogP contribution < -0.4 is 16.6 Å². The molecule has 0 saturated heterocycles. The summed E-state index contributed by atoms with van der Waals surface area (Å²) >= 11 is 12.1. The van der Waals surface area contributed by atoms with E-state index in [0.717, 1.165) is 0 Å². The summed E-state index contributed by atoms with van der Waals surface area (Å²) in [5, 5.41) is 3.95. The van der Waals surface area contributed by atoms with Gasteiger partial charge in [0.1, 0.15) is 18.2 Å². The van der Waals surface area contributed by atoms with Crippen molar-refractivity contribution in [1.29, 1.82) is 0 Å². The van der Waals surface area contributed by atoms with E-state index in [2.05, 4.69) is 20.7 Å². The van der Waals surface area contributed by atoms with Crippen molar-refractivity contribution >= 4 is 40.5 Å². The maximum Gasteiger partial charge on any atom is 0.158 e. The van der Waals surface area contributed by atoms with Crippen molar-refractivity contribution in [3.63, 3.8) is 0 Å². The van der Waals surface area contributed by atoms with Gasteiger partial charge in [-0.3, -0.25) is 0 Å². The molecule has 0 atom stereocenters. The molecule has 2 rings (SSSR count). The van der Waals surface area contributed by atoms with Crippen molar-refractivity contribution in [2.75, 3.05) is 17.9 Å². The molecule has 1 heterocycles. The first-order valence-corrected chi connectivity index (χ1v) is 6.44. The second-order valence-electron chi connectivity index (χ2n) is 3.86. The van der Waals surface area contributed by atoms with Crippen LogP contribution in [0.4, 0.5) is 17.3 Å². The van der Waals surface area contributed by atoms with Gasteiger partial charge >= 0.3 is 0 Å². The molecule has 4 N–H and O–H groups in total. The summed E-state index contributed by atoms with van der Waals surface area (Å²) in [6, 6.07) is 6.94. The van der Waals surface area contributed by atoms with Crippen LogP contribution >= 0.6 is 23.2 Å². The van der Waals surface area contributed by atoms with E-state index in [1.807, 2.05) is 0 Å². The molecule has 0 spiro atoms. The molecule has 0 saturated carbocycles. The van der Waals surface area contributed by atoms with Crippen molar-refractivity contribution < 1.29 is 4.74 Å². The normalized spacial score (nSPS) is 10.4. The van der Waals surface area contributed by atoms with Gasteiger partial charge in [0.05, 0.1) is 15.7 Å². The predicted molar refractivity (Wildman–Crippen MR) is 80.3 cm³/mol. The molecule has 1 aromatic carbocycles. The number of nitrogens with two attached hydrogens (primary N) is 1. The first kappa shape index (κ1) is 14.8. The summed E-state index contributed by atoms with van der Waals surface area (Å²) in [6.45, 7) is 0.271. The molecule has 20 heavy (non-hydrogen) atoms. The maximum atomic E-state index is 6.11. The van der Waals surface area contributed by atoms with Crippen molar-refractivity contribution in [2.24, 2.45) is 5.84 Å². The number of hydrazine groups is 1. The Balaban J connectivity index is 2.32. The number of hydrogen-bond acceptors (Lipinski definition) is 6. The lowest BCUT2D eigenvalue weighted by Crippen LogP contribution is -2.11. The van der Waals surface area contributed by atoms with Crippen molar-refractivity contribution in [3.8, 4) is 0 Å². The van der Waals surface area contributed by atoms with Crippen LogP contribution in [0.15, 0.2) is 24.3 Å². The average molecular weight is 314 g/mol. The smallest absolute Gasteiger partial charge is 0.158 e. The number of nitrogens with one attached hydrogen (secondary N) is 2. The second-order valence-corrected chi connectivity index (χ2v) is 4.64. The molecule has 106 valence electrons. The highest BCUT2D eigenvalue weighted by Crippen LogP contribution is 2.31. The average Bonchev–Trinajstić information content (AvgIpc) is 2.44. The molecule has 0 radical (unpaired) electrons. The van der Waals surface area contributed by atoms with Crippen molar-refractivity contribution in [1.82, 2.24) is 9.97 Å². The van der Waals surface area contributed by atoms with E-state index in [4.69, 9.17) is 33.8 Å².